The van der Waals surface area contributed by atoms with E-state index >= 15 is 0 Å². The van der Waals surface area contributed by atoms with E-state index in [0.717, 1.165) is 6.42 Å². The van der Waals surface area contributed by atoms with E-state index in [1.54, 1.807) is 0 Å². The highest BCUT2D eigenvalue weighted by Gasteiger charge is 2.10. The van der Waals surface area contributed by atoms with Gasteiger partial charge in [0.1, 0.15) is 0 Å². The van der Waals surface area contributed by atoms with E-state index < -0.39 is 0 Å². The number of hydrogen-bond acceptors (Lipinski definition) is 2. The molecule has 3 N–H and O–H groups in total. The summed E-state index contributed by atoms with van der Waals surface area (Å²) in [6.45, 7) is 4.39. The van der Waals surface area contributed by atoms with Crippen LogP contribution in [-0.4, -0.2) is 11.7 Å². The average molecular weight is 193 g/mol. The quantitative estimate of drug-likeness (QED) is 0.767. The summed E-state index contributed by atoms with van der Waals surface area (Å²) >= 11 is 0. The van der Waals surface area contributed by atoms with Gasteiger partial charge in [0.25, 0.3) is 0 Å². The third-order valence-electron chi connectivity index (χ3n) is 2.64. The van der Waals surface area contributed by atoms with Gasteiger partial charge in [0, 0.05) is 12.6 Å². The van der Waals surface area contributed by atoms with Gasteiger partial charge in [-0.05, 0) is 36.5 Å². The fraction of sp³-hybridized carbons (Fsp3) is 0.500. The van der Waals surface area contributed by atoms with Crippen LogP contribution in [0.2, 0.25) is 0 Å². The molecule has 0 aromatic heterocycles. The zero-order chi connectivity index (χ0) is 10.6. The number of aliphatic hydroxyl groups excluding tert-OH is 1. The SMILES string of the molecule is CCc1c(C)cccc1[C@H](N)CCO. The second-order valence-electron chi connectivity index (χ2n) is 3.62. The smallest absolute Gasteiger partial charge is 0.0449 e. The molecule has 0 aliphatic heterocycles. The predicted molar refractivity (Wildman–Crippen MR) is 59.2 cm³/mol. The summed E-state index contributed by atoms with van der Waals surface area (Å²) in [5.74, 6) is 0. The van der Waals surface area contributed by atoms with Crippen molar-refractivity contribution in [3.63, 3.8) is 0 Å². The number of hydrogen-bond donors (Lipinski definition) is 2. The fourth-order valence-corrected chi connectivity index (χ4v) is 1.85. The fourth-order valence-electron chi connectivity index (χ4n) is 1.85. The minimum absolute atomic E-state index is 0.0325. The number of aryl methyl sites for hydroxylation is 1. The molecule has 2 nitrogen and oxygen atoms in total. The molecule has 0 saturated heterocycles. The summed E-state index contributed by atoms with van der Waals surface area (Å²) in [6, 6.07) is 6.16. The third kappa shape index (κ3) is 2.34. The normalized spacial score (nSPS) is 12.9. The Morgan fingerprint density at radius 3 is 2.71 bits per heavy atom. The summed E-state index contributed by atoms with van der Waals surface area (Å²) in [4.78, 5) is 0. The zero-order valence-electron chi connectivity index (χ0n) is 8.96. The van der Waals surface area contributed by atoms with E-state index in [9.17, 15) is 0 Å². The maximum absolute atomic E-state index is 8.85. The Labute approximate surface area is 85.8 Å². The van der Waals surface area contributed by atoms with Gasteiger partial charge in [-0.3, -0.25) is 0 Å². The van der Waals surface area contributed by atoms with Crippen LogP contribution in [0, 0.1) is 6.92 Å². The van der Waals surface area contributed by atoms with E-state index in [0.29, 0.717) is 6.42 Å². The van der Waals surface area contributed by atoms with Crippen LogP contribution < -0.4 is 5.73 Å². The van der Waals surface area contributed by atoms with E-state index in [1.165, 1.54) is 16.7 Å². The summed E-state index contributed by atoms with van der Waals surface area (Å²) in [7, 11) is 0. The summed E-state index contributed by atoms with van der Waals surface area (Å²) < 4.78 is 0. The Morgan fingerprint density at radius 2 is 2.14 bits per heavy atom. The molecule has 0 saturated carbocycles. The lowest BCUT2D eigenvalue weighted by Gasteiger charge is -2.16. The molecule has 0 heterocycles. The minimum Gasteiger partial charge on any atom is -0.396 e. The van der Waals surface area contributed by atoms with Gasteiger partial charge in [-0.1, -0.05) is 25.1 Å². The van der Waals surface area contributed by atoms with E-state index in [4.69, 9.17) is 10.8 Å². The molecule has 1 atom stereocenters. The molecule has 78 valence electrons. The lowest BCUT2D eigenvalue weighted by atomic mass is 9.94. The van der Waals surface area contributed by atoms with E-state index in [-0.39, 0.29) is 12.6 Å². The van der Waals surface area contributed by atoms with Gasteiger partial charge in [-0.25, -0.2) is 0 Å². The summed E-state index contributed by atoms with van der Waals surface area (Å²) in [6.07, 6.45) is 1.64. The van der Waals surface area contributed by atoms with Crippen molar-refractivity contribution in [2.45, 2.75) is 32.7 Å². The molecular formula is C12H19NO. The van der Waals surface area contributed by atoms with Gasteiger partial charge in [0.2, 0.25) is 0 Å². The number of aliphatic hydroxyl groups is 1. The van der Waals surface area contributed by atoms with Crippen LogP contribution in [0.5, 0.6) is 0 Å². The van der Waals surface area contributed by atoms with Crippen LogP contribution in [-0.2, 0) is 6.42 Å². The largest absolute Gasteiger partial charge is 0.396 e. The molecule has 0 unspecified atom stereocenters. The predicted octanol–water partition coefficient (Wildman–Crippen LogP) is 1.94. The Bertz CT molecular complexity index is 296. The molecular weight excluding hydrogens is 174 g/mol. The first-order valence-corrected chi connectivity index (χ1v) is 5.15. The van der Waals surface area contributed by atoms with Crippen molar-refractivity contribution < 1.29 is 5.11 Å². The first kappa shape index (κ1) is 11.2. The standard InChI is InChI=1S/C12H19NO/c1-3-10-9(2)5-4-6-11(10)12(13)7-8-14/h4-6,12,14H,3,7-8,13H2,1-2H3/t12-/m1/s1. The van der Waals surface area contributed by atoms with Gasteiger partial charge < -0.3 is 10.8 Å². The molecule has 0 bridgehead atoms. The lowest BCUT2D eigenvalue weighted by Crippen LogP contribution is -2.14. The van der Waals surface area contributed by atoms with Crippen molar-refractivity contribution in [3.8, 4) is 0 Å². The Balaban J connectivity index is 3.00. The molecule has 0 aliphatic carbocycles. The molecule has 0 fully saturated rings. The molecule has 1 aromatic carbocycles. The third-order valence-corrected chi connectivity index (χ3v) is 2.64. The van der Waals surface area contributed by atoms with Crippen molar-refractivity contribution in [3.05, 3.63) is 34.9 Å². The van der Waals surface area contributed by atoms with Crippen molar-refractivity contribution in [2.24, 2.45) is 5.73 Å². The molecule has 14 heavy (non-hydrogen) atoms. The van der Waals surface area contributed by atoms with E-state index in [1.807, 2.05) is 6.07 Å². The van der Waals surface area contributed by atoms with Crippen LogP contribution in [0.3, 0.4) is 0 Å². The average Bonchev–Trinajstić information content (AvgIpc) is 2.17. The van der Waals surface area contributed by atoms with Gasteiger partial charge in [0.05, 0.1) is 0 Å². The monoisotopic (exact) mass is 193 g/mol. The molecule has 0 aliphatic rings. The van der Waals surface area contributed by atoms with Crippen LogP contribution in [0.25, 0.3) is 0 Å². The van der Waals surface area contributed by atoms with Crippen molar-refractivity contribution >= 4 is 0 Å². The Hall–Kier alpha value is -0.860. The molecule has 1 aromatic rings. The highest BCUT2D eigenvalue weighted by molar-refractivity contribution is 5.36. The van der Waals surface area contributed by atoms with Gasteiger partial charge in [-0.15, -0.1) is 0 Å². The molecule has 0 radical (unpaired) electrons. The van der Waals surface area contributed by atoms with Crippen molar-refractivity contribution in [1.82, 2.24) is 0 Å². The van der Waals surface area contributed by atoms with Gasteiger partial charge in [0.15, 0.2) is 0 Å². The molecule has 1 rings (SSSR count). The minimum atomic E-state index is -0.0325. The van der Waals surface area contributed by atoms with Crippen LogP contribution in [0.15, 0.2) is 18.2 Å². The summed E-state index contributed by atoms with van der Waals surface area (Å²) in [5.41, 5.74) is 9.79. The number of benzene rings is 1. The van der Waals surface area contributed by atoms with E-state index in [2.05, 4.69) is 26.0 Å². The Morgan fingerprint density at radius 1 is 1.43 bits per heavy atom. The molecule has 0 spiro atoms. The summed E-state index contributed by atoms with van der Waals surface area (Å²) in [5, 5.41) is 8.85. The maximum Gasteiger partial charge on any atom is 0.0449 e. The van der Waals surface area contributed by atoms with Crippen molar-refractivity contribution in [1.29, 1.82) is 0 Å². The van der Waals surface area contributed by atoms with Crippen LogP contribution >= 0.6 is 0 Å². The zero-order valence-corrected chi connectivity index (χ0v) is 8.96. The first-order chi connectivity index (χ1) is 6.70. The number of rotatable bonds is 4. The van der Waals surface area contributed by atoms with Crippen LogP contribution in [0.1, 0.15) is 36.1 Å². The molecule has 2 heteroatoms. The highest BCUT2D eigenvalue weighted by Crippen LogP contribution is 2.22. The first-order valence-electron chi connectivity index (χ1n) is 5.15. The second-order valence-corrected chi connectivity index (χ2v) is 3.62. The number of nitrogens with two attached hydrogens (primary N) is 1. The van der Waals surface area contributed by atoms with Gasteiger partial charge in [-0.2, -0.15) is 0 Å². The second kappa shape index (κ2) is 5.13. The lowest BCUT2D eigenvalue weighted by molar-refractivity contribution is 0.276. The van der Waals surface area contributed by atoms with Crippen molar-refractivity contribution in [2.75, 3.05) is 6.61 Å². The Kier molecular flexibility index (Phi) is 4.11. The topological polar surface area (TPSA) is 46.2 Å². The highest BCUT2D eigenvalue weighted by atomic mass is 16.3. The molecule has 0 amide bonds. The van der Waals surface area contributed by atoms with Crippen LogP contribution in [0.4, 0.5) is 0 Å². The maximum atomic E-state index is 8.85. The van der Waals surface area contributed by atoms with Gasteiger partial charge >= 0.3 is 0 Å².